The Morgan fingerprint density at radius 2 is 2.47 bits per heavy atom. The lowest BCUT2D eigenvalue weighted by atomic mass is 10.1. The van der Waals surface area contributed by atoms with E-state index in [1.165, 1.54) is 0 Å². The molecule has 1 atom stereocenters. The highest BCUT2D eigenvalue weighted by Gasteiger charge is 2.30. The van der Waals surface area contributed by atoms with Crippen LogP contribution in [0.15, 0.2) is 6.20 Å². The predicted octanol–water partition coefficient (Wildman–Crippen LogP) is 1.60. The molecule has 1 saturated heterocycles. The Balaban J connectivity index is 2.06. The number of nitrogens with one attached hydrogen (secondary N) is 1. The molecular formula is C12H16ClN3O. The topological polar surface area (TPSA) is 37.4 Å². The Labute approximate surface area is 106 Å². The Bertz CT molecular complexity index is 438. The quantitative estimate of drug-likeness (QED) is 0.762. The van der Waals surface area contributed by atoms with Crippen molar-refractivity contribution in [2.24, 2.45) is 0 Å². The molecule has 0 spiro atoms. The number of hydrogen-bond donors (Lipinski definition) is 1. The highest BCUT2D eigenvalue weighted by atomic mass is 35.5. The molecule has 2 aliphatic rings. The maximum absolute atomic E-state index is 6.31. The molecule has 1 aromatic rings. The summed E-state index contributed by atoms with van der Waals surface area (Å²) in [6.07, 6.45) is 2.84. The minimum Gasteiger partial charge on any atom is -0.488 e. The van der Waals surface area contributed by atoms with Crippen LogP contribution in [-0.4, -0.2) is 37.3 Å². The molecule has 4 nitrogen and oxygen atoms in total. The highest BCUT2D eigenvalue weighted by molar-refractivity contribution is 6.33. The van der Waals surface area contributed by atoms with E-state index in [1.54, 1.807) is 0 Å². The Morgan fingerprint density at radius 3 is 3.35 bits per heavy atom. The second-order valence-corrected chi connectivity index (χ2v) is 4.97. The third kappa shape index (κ3) is 1.85. The van der Waals surface area contributed by atoms with E-state index in [-0.39, 0.29) is 0 Å². The smallest absolute Gasteiger partial charge is 0.180 e. The number of nitrogens with zero attached hydrogens (tertiary/aromatic N) is 2. The fraction of sp³-hybridized carbons (Fsp3) is 0.583. The van der Waals surface area contributed by atoms with Crippen molar-refractivity contribution in [3.8, 4) is 5.75 Å². The summed E-state index contributed by atoms with van der Waals surface area (Å²) < 4.78 is 5.79. The molecule has 1 fully saturated rings. The lowest BCUT2D eigenvalue weighted by Crippen LogP contribution is -2.51. The van der Waals surface area contributed by atoms with Crippen molar-refractivity contribution < 1.29 is 4.74 Å². The third-order valence-electron chi connectivity index (χ3n) is 3.45. The van der Waals surface area contributed by atoms with Crippen molar-refractivity contribution in [1.82, 2.24) is 10.3 Å². The molecule has 17 heavy (non-hydrogen) atoms. The van der Waals surface area contributed by atoms with Gasteiger partial charge in [0.2, 0.25) is 0 Å². The first-order valence-electron chi connectivity index (χ1n) is 6.02. The van der Waals surface area contributed by atoms with E-state index >= 15 is 0 Å². The van der Waals surface area contributed by atoms with E-state index in [9.17, 15) is 0 Å². The van der Waals surface area contributed by atoms with Crippen molar-refractivity contribution in [2.45, 2.75) is 19.4 Å². The van der Waals surface area contributed by atoms with Crippen LogP contribution in [-0.2, 0) is 0 Å². The summed E-state index contributed by atoms with van der Waals surface area (Å²) in [6.45, 7) is 5.62. The van der Waals surface area contributed by atoms with E-state index in [2.05, 4.69) is 15.2 Å². The van der Waals surface area contributed by atoms with E-state index in [1.807, 2.05) is 13.1 Å². The zero-order valence-corrected chi connectivity index (χ0v) is 10.6. The first-order chi connectivity index (χ1) is 8.27. The van der Waals surface area contributed by atoms with Crippen LogP contribution in [0.2, 0.25) is 5.02 Å². The molecule has 0 radical (unpaired) electrons. The van der Waals surface area contributed by atoms with E-state index in [0.717, 1.165) is 43.2 Å². The fourth-order valence-electron chi connectivity index (χ4n) is 2.48. The normalized spacial score (nSPS) is 23.4. The van der Waals surface area contributed by atoms with E-state index in [0.29, 0.717) is 17.7 Å². The van der Waals surface area contributed by atoms with Gasteiger partial charge in [-0.2, -0.15) is 0 Å². The van der Waals surface area contributed by atoms with Crippen LogP contribution in [0.1, 0.15) is 12.0 Å². The maximum Gasteiger partial charge on any atom is 0.180 e. The van der Waals surface area contributed by atoms with Crippen molar-refractivity contribution in [3.05, 3.63) is 16.8 Å². The summed E-state index contributed by atoms with van der Waals surface area (Å²) in [5.41, 5.74) is 0.971. The first-order valence-corrected chi connectivity index (χ1v) is 6.40. The average molecular weight is 254 g/mol. The molecule has 0 aliphatic carbocycles. The maximum atomic E-state index is 6.31. The van der Waals surface area contributed by atoms with Crippen molar-refractivity contribution in [3.63, 3.8) is 0 Å². The second-order valence-electron chi connectivity index (χ2n) is 4.60. The van der Waals surface area contributed by atoms with Crippen LogP contribution in [0, 0.1) is 6.92 Å². The summed E-state index contributed by atoms with van der Waals surface area (Å²) in [4.78, 5) is 6.84. The number of piperazine rings is 1. The number of aryl methyl sites for hydroxylation is 1. The number of hydrogen-bond acceptors (Lipinski definition) is 4. The van der Waals surface area contributed by atoms with E-state index in [4.69, 9.17) is 16.3 Å². The number of ether oxygens (including phenoxy) is 1. The van der Waals surface area contributed by atoms with Gasteiger partial charge in [-0.15, -0.1) is 0 Å². The largest absolute Gasteiger partial charge is 0.488 e. The third-order valence-corrected chi connectivity index (χ3v) is 3.92. The van der Waals surface area contributed by atoms with Crippen LogP contribution < -0.4 is 15.0 Å². The van der Waals surface area contributed by atoms with Crippen LogP contribution in [0.5, 0.6) is 5.75 Å². The number of halogens is 1. The van der Waals surface area contributed by atoms with Gasteiger partial charge >= 0.3 is 0 Å². The van der Waals surface area contributed by atoms with Gasteiger partial charge in [0.25, 0.3) is 0 Å². The molecule has 0 saturated carbocycles. The average Bonchev–Trinajstić information content (AvgIpc) is 2.54. The number of anilines is 1. The molecular weight excluding hydrogens is 238 g/mol. The molecule has 0 unspecified atom stereocenters. The molecule has 92 valence electrons. The molecule has 1 aromatic heterocycles. The number of rotatable bonds is 0. The highest BCUT2D eigenvalue weighted by Crippen LogP contribution is 2.39. The van der Waals surface area contributed by atoms with Gasteiger partial charge in [-0.1, -0.05) is 11.6 Å². The fourth-order valence-corrected chi connectivity index (χ4v) is 2.67. The Kier molecular flexibility index (Phi) is 2.84. The van der Waals surface area contributed by atoms with Crippen LogP contribution in [0.3, 0.4) is 0 Å². The molecule has 0 aromatic carbocycles. The van der Waals surface area contributed by atoms with Crippen LogP contribution in [0.25, 0.3) is 0 Å². The monoisotopic (exact) mass is 253 g/mol. The zero-order chi connectivity index (χ0) is 11.8. The van der Waals surface area contributed by atoms with Gasteiger partial charge in [-0.25, -0.2) is 4.98 Å². The van der Waals surface area contributed by atoms with Gasteiger partial charge in [0.1, 0.15) is 0 Å². The SMILES string of the molecule is Cc1cnc2c(c1Cl)OCC[C@H]1CNCCN21. The van der Waals surface area contributed by atoms with Gasteiger partial charge in [0.15, 0.2) is 11.6 Å². The van der Waals surface area contributed by atoms with E-state index < -0.39 is 0 Å². The molecule has 3 heterocycles. The molecule has 2 aliphatic heterocycles. The summed E-state index contributed by atoms with van der Waals surface area (Å²) >= 11 is 6.31. The molecule has 3 rings (SSSR count). The van der Waals surface area contributed by atoms with Gasteiger partial charge in [0.05, 0.1) is 11.6 Å². The van der Waals surface area contributed by atoms with Crippen molar-refractivity contribution in [1.29, 1.82) is 0 Å². The summed E-state index contributed by atoms with van der Waals surface area (Å²) in [6, 6.07) is 0.469. The number of fused-ring (bicyclic) bond motifs is 3. The van der Waals surface area contributed by atoms with Gasteiger partial charge in [0, 0.05) is 38.3 Å². The number of aromatic nitrogens is 1. The number of pyridine rings is 1. The first kappa shape index (κ1) is 11.1. The minimum absolute atomic E-state index is 0.469. The van der Waals surface area contributed by atoms with Gasteiger partial charge in [-0.05, 0) is 12.5 Å². The van der Waals surface area contributed by atoms with Gasteiger partial charge in [-0.3, -0.25) is 0 Å². The van der Waals surface area contributed by atoms with Crippen LogP contribution >= 0.6 is 11.6 Å². The summed E-state index contributed by atoms with van der Waals surface area (Å²) in [5.74, 6) is 1.67. The second kappa shape index (κ2) is 4.35. The summed E-state index contributed by atoms with van der Waals surface area (Å²) in [5, 5.41) is 4.11. The lowest BCUT2D eigenvalue weighted by molar-refractivity contribution is 0.303. The molecule has 5 heteroatoms. The van der Waals surface area contributed by atoms with Crippen molar-refractivity contribution >= 4 is 17.4 Å². The van der Waals surface area contributed by atoms with Gasteiger partial charge < -0.3 is 15.0 Å². The van der Waals surface area contributed by atoms with Crippen LogP contribution in [0.4, 0.5) is 5.82 Å². The Hall–Kier alpha value is -1.00. The molecule has 0 amide bonds. The summed E-state index contributed by atoms with van der Waals surface area (Å²) in [7, 11) is 0. The minimum atomic E-state index is 0.469. The molecule has 1 N–H and O–H groups in total. The Morgan fingerprint density at radius 1 is 1.59 bits per heavy atom. The standard InChI is InChI=1S/C12H16ClN3O/c1-8-6-15-12-11(10(8)13)17-5-2-9-7-14-3-4-16(9)12/h6,9,14H,2-5,7H2,1H3/t9-/m0/s1. The predicted molar refractivity (Wildman–Crippen MR) is 68.1 cm³/mol. The molecule has 0 bridgehead atoms. The zero-order valence-electron chi connectivity index (χ0n) is 9.87. The lowest BCUT2D eigenvalue weighted by Gasteiger charge is -2.35. The van der Waals surface area contributed by atoms with Crippen molar-refractivity contribution in [2.75, 3.05) is 31.1 Å².